The predicted octanol–water partition coefficient (Wildman–Crippen LogP) is 6.34. The average molecular weight is 769 g/mol. The molecule has 12 nitrogen and oxygen atoms in total. The lowest BCUT2D eigenvalue weighted by molar-refractivity contribution is -0.137. The Bertz CT molecular complexity index is 2390. The average Bonchev–Trinajstić information content (AvgIpc) is 3.07. The van der Waals surface area contributed by atoms with E-state index in [1.165, 1.54) is 18.2 Å². The van der Waals surface area contributed by atoms with Gasteiger partial charge in [-0.25, -0.2) is 22.9 Å². The van der Waals surface area contributed by atoms with Crippen LogP contribution >= 0.6 is 11.6 Å². The molecule has 0 fully saturated rings. The second-order valence-electron chi connectivity index (χ2n) is 12.8. The molecular weight excluding hydrogens is 737 g/mol. The summed E-state index contributed by atoms with van der Waals surface area (Å²) in [4.78, 5) is 56.5. The van der Waals surface area contributed by atoms with Crippen molar-refractivity contribution in [3.05, 3.63) is 129 Å². The number of urea groups is 1. The molecule has 5 aromatic rings. The maximum Gasteiger partial charge on any atom is 0.416 e. The van der Waals surface area contributed by atoms with Crippen molar-refractivity contribution >= 4 is 61.7 Å². The van der Waals surface area contributed by atoms with E-state index in [0.29, 0.717) is 12.1 Å². The maximum atomic E-state index is 13.9. The fraction of sp³-hybridized carbons (Fsp3) is 0.194. The lowest BCUT2D eigenvalue weighted by atomic mass is 10.0. The number of benzene rings is 4. The molecule has 0 unspecified atom stereocenters. The molecule has 276 valence electrons. The Morgan fingerprint density at radius 2 is 1.49 bits per heavy atom. The summed E-state index contributed by atoms with van der Waals surface area (Å²) in [6, 6.07) is 20.2. The monoisotopic (exact) mass is 768 g/mol. The van der Waals surface area contributed by atoms with Gasteiger partial charge in [-0.2, -0.15) is 13.2 Å². The first kappa shape index (κ1) is 38.5. The highest BCUT2D eigenvalue weighted by atomic mass is 35.5. The molecule has 0 radical (unpaired) electrons. The summed E-state index contributed by atoms with van der Waals surface area (Å²) in [5.74, 6) is -2.58. The first-order valence-electron chi connectivity index (χ1n) is 15.8. The van der Waals surface area contributed by atoms with E-state index in [4.69, 9.17) is 11.6 Å². The first-order valence-corrected chi connectivity index (χ1v) is 17.7. The van der Waals surface area contributed by atoms with Gasteiger partial charge in [-0.05, 0) is 73.5 Å². The van der Waals surface area contributed by atoms with Crippen molar-refractivity contribution in [3.63, 3.8) is 0 Å². The van der Waals surface area contributed by atoms with E-state index in [1.807, 2.05) is 42.5 Å². The van der Waals surface area contributed by atoms with E-state index in [0.717, 1.165) is 39.1 Å². The van der Waals surface area contributed by atoms with E-state index in [9.17, 15) is 40.8 Å². The zero-order chi connectivity index (χ0) is 38.7. The van der Waals surface area contributed by atoms with E-state index in [-0.39, 0.29) is 28.5 Å². The van der Waals surface area contributed by atoms with Crippen molar-refractivity contribution in [2.24, 2.45) is 0 Å². The van der Waals surface area contributed by atoms with Crippen molar-refractivity contribution < 1.29 is 36.0 Å². The molecule has 5 rings (SSSR count). The van der Waals surface area contributed by atoms with Crippen LogP contribution in [0.2, 0.25) is 5.15 Å². The summed E-state index contributed by atoms with van der Waals surface area (Å²) in [6.45, 7) is 4.45. The van der Waals surface area contributed by atoms with Crippen molar-refractivity contribution in [2.75, 3.05) is 10.6 Å². The minimum Gasteiger partial charge on any atom is -0.333 e. The highest BCUT2D eigenvalue weighted by molar-refractivity contribution is 7.90. The van der Waals surface area contributed by atoms with Gasteiger partial charge in [0.05, 0.1) is 16.9 Å². The number of carbonyl (C=O) groups excluding carboxylic acids is 3. The lowest BCUT2D eigenvalue weighted by Gasteiger charge is -2.21. The van der Waals surface area contributed by atoms with Crippen LogP contribution in [0.1, 0.15) is 48.0 Å². The summed E-state index contributed by atoms with van der Waals surface area (Å²) in [5, 5.41) is 9.02. The Balaban J connectivity index is 1.46. The molecule has 17 heteroatoms. The van der Waals surface area contributed by atoms with Crippen molar-refractivity contribution in [2.45, 2.75) is 50.3 Å². The summed E-state index contributed by atoms with van der Waals surface area (Å²) in [7, 11) is -4.71. The number of alkyl halides is 3. The normalized spacial score (nSPS) is 11.9. The maximum absolute atomic E-state index is 13.9. The van der Waals surface area contributed by atoms with E-state index in [2.05, 4.69) is 20.9 Å². The molecule has 0 bridgehead atoms. The number of amides is 4. The van der Waals surface area contributed by atoms with Gasteiger partial charge in [0.15, 0.2) is 5.15 Å². The third-order valence-electron chi connectivity index (χ3n) is 7.63. The van der Waals surface area contributed by atoms with Crippen LogP contribution in [0, 0.1) is 0 Å². The number of hydrogen-bond acceptors (Lipinski definition) is 7. The summed E-state index contributed by atoms with van der Waals surface area (Å²) in [5.41, 5.74) is -2.37. The molecule has 53 heavy (non-hydrogen) atoms. The molecular formula is C36H32ClF3N6O6S. The molecule has 4 N–H and O–H groups in total. The van der Waals surface area contributed by atoms with Gasteiger partial charge < -0.3 is 10.6 Å². The molecule has 0 aliphatic heterocycles. The van der Waals surface area contributed by atoms with Crippen LogP contribution in [-0.2, 0) is 34.0 Å². The smallest absolute Gasteiger partial charge is 0.333 e. The second kappa shape index (κ2) is 15.1. The van der Waals surface area contributed by atoms with Crippen LogP contribution in [-0.4, -0.2) is 41.4 Å². The summed E-state index contributed by atoms with van der Waals surface area (Å²) >= 11 is 6.63. The number of para-hydroxylation sites is 1. The van der Waals surface area contributed by atoms with Gasteiger partial charge in [0.2, 0.25) is 11.7 Å². The molecule has 1 heterocycles. The Labute approximate surface area is 306 Å². The van der Waals surface area contributed by atoms with Crippen LogP contribution < -0.4 is 26.2 Å². The summed E-state index contributed by atoms with van der Waals surface area (Å²) < 4.78 is 68.3. The second-order valence-corrected chi connectivity index (χ2v) is 14.8. The molecule has 4 aromatic carbocycles. The fourth-order valence-corrected chi connectivity index (χ4v) is 6.67. The van der Waals surface area contributed by atoms with Crippen LogP contribution in [0.25, 0.3) is 10.8 Å². The largest absolute Gasteiger partial charge is 0.416 e. The minimum atomic E-state index is -4.71. The van der Waals surface area contributed by atoms with Crippen molar-refractivity contribution in [1.82, 2.24) is 19.6 Å². The van der Waals surface area contributed by atoms with E-state index in [1.54, 1.807) is 25.5 Å². The fourth-order valence-electron chi connectivity index (χ4n) is 5.28. The number of carbonyl (C=O) groups is 3. The molecule has 0 spiro atoms. The van der Waals surface area contributed by atoms with Crippen molar-refractivity contribution in [3.8, 4) is 0 Å². The third-order valence-corrected chi connectivity index (χ3v) is 9.33. The first-order chi connectivity index (χ1) is 24.8. The number of aromatic nitrogens is 2. The summed E-state index contributed by atoms with van der Waals surface area (Å²) in [6.07, 6.45) is -4.63. The van der Waals surface area contributed by atoms with Crippen LogP contribution in [0.5, 0.6) is 0 Å². The zero-order valence-electron chi connectivity index (χ0n) is 28.3. The topological polar surface area (TPSA) is 168 Å². The van der Waals surface area contributed by atoms with Gasteiger partial charge in [0.25, 0.3) is 21.5 Å². The number of hydrogen-bond donors (Lipinski definition) is 4. The zero-order valence-corrected chi connectivity index (χ0v) is 29.9. The van der Waals surface area contributed by atoms with Gasteiger partial charge in [0, 0.05) is 17.5 Å². The number of sulfonamides is 1. The molecule has 4 amide bonds. The van der Waals surface area contributed by atoms with Crippen LogP contribution in [0.3, 0.4) is 0 Å². The molecule has 0 aliphatic rings. The van der Waals surface area contributed by atoms with Gasteiger partial charge in [0.1, 0.15) is 11.4 Å². The molecule has 1 aromatic heterocycles. The molecule has 0 aliphatic carbocycles. The minimum absolute atomic E-state index is 0.0329. The highest BCUT2D eigenvalue weighted by Crippen LogP contribution is 2.29. The van der Waals surface area contributed by atoms with Crippen LogP contribution in [0.15, 0.2) is 101 Å². The number of nitrogens with one attached hydrogen (secondary N) is 4. The Morgan fingerprint density at radius 3 is 2.17 bits per heavy atom. The number of anilines is 2. The quantitative estimate of drug-likeness (QED) is 0.136. The highest BCUT2D eigenvalue weighted by Gasteiger charge is 2.31. The number of fused-ring (bicyclic) bond motifs is 1. The van der Waals surface area contributed by atoms with Crippen molar-refractivity contribution in [1.29, 1.82) is 0 Å². The van der Waals surface area contributed by atoms with Gasteiger partial charge in [-0.3, -0.25) is 24.3 Å². The Morgan fingerprint density at radius 1 is 0.849 bits per heavy atom. The number of nitrogens with zero attached hydrogens (tertiary/aromatic N) is 2. The van der Waals surface area contributed by atoms with Gasteiger partial charge in [-0.1, -0.05) is 66.2 Å². The van der Waals surface area contributed by atoms with E-state index >= 15 is 0 Å². The third kappa shape index (κ3) is 9.39. The van der Waals surface area contributed by atoms with E-state index < -0.39 is 68.0 Å². The van der Waals surface area contributed by atoms with Crippen LogP contribution in [0.4, 0.5) is 29.5 Å². The Kier molecular flexibility index (Phi) is 11.0. The SMILES string of the molecule is CC(C)(C)NC(=O)Nc1nc(Cl)c(Cc2cccc3ccccc23)n(CC(=O)Nc2ccccc2S(=O)(=O)NC(=O)c2ccc(C(F)(F)F)cc2)c1=O. The Hall–Kier alpha value is -5.74. The molecule has 0 saturated carbocycles. The predicted molar refractivity (Wildman–Crippen MR) is 193 cm³/mol. The van der Waals surface area contributed by atoms with Gasteiger partial charge in [-0.15, -0.1) is 0 Å². The molecule has 0 saturated heterocycles. The number of rotatable bonds is 9. The standard InChI is InChI=1S/C36H32ClF3N6O6S/c1-35(2,3)44-34(50)43-31-33(49)46(27(30(37)42-31)19-23-11-8-10-21-9-4-5-12-25(21)23)20-29(47)41-26-13-6-7-14-28(26)53(51,52)45-32(48)22-15-17-24(18-16-22)36(38,39)40/h4-18H,19-20H2,1-3H3,(H,41,47)(H,45,48)(H2,42,43,44,50). The van der Waals surface area contributed by atoms with Gasteiger partial charge >= 0.3 is 12.2 Å². The molecule has 0 atom stereocenters. The number of halogens is 4. The lowest BCUT2D eigenvalue weighted by Crippen LogP contribution is -2.44.